The van der Waals surface area contributed by atoms with Crippen molar-refractivity contribution in [1.82, 2.24) is 10.2 Å². The van der Waals surface area contributed by atoms with Gasteiger partial charge in [0.15, 0.2) is 0 Å². The van der Waals surface area contributed by atoms with Gasteiger partial charge >= 0.3 is 0 Å². The Morgan fingerprint density at radius 1 is 1.09 bits per heavy atom. The van der Waals surface area contributed by atoms with Gasteiger partial charge in [-0.1, -0.05) is 56.5 Å². The molecule has 0 radical (unpaired) electrons. The number of benzene rings is 1. The van der Waals surface area contributed by atoms with Gasteiger partial charge in [-0.2, -0.15) is 0 Å². The smallest absolute Gasteiger partial charge is 0.220 e. The van der Waals surface area contributed by atoms with E-state index < -0.39 is 0 Å². The molecular weight excluding hydrogens is 284 g/mol. The van der Waals surface area contributed by atoms with Crippen LogP contribution in [0.15, 0.2) is 24.3 Å². The standard InChI is InChI=1S/C20H32N2O/c1-16(2)14-20(23)21-15-19(18-10-8-17(3)9-11-18)22-12-6-4-5-7-13-22/h8-11,16,19H,4-7,12-15H2,1-3H3,(H,21,23)/t19-/m1/s1. The molecule has 0 aliphatic carbocycles. The zero-order valence-corrected chi connectivity index (χ0v) is 15.0. The van der Waals surface area contributed by atoms with Gasteiger partial charge in [-0.25, -0.2) is 0 Å². The van der Waals surface area contributed by atoms with Crippen LogP contribution in [0, 0.1) is 12.8 Å². The van der Waals surface area contributed by atoms with E-state index in [0.29, 0.717) is 24.9 Å². The fraction of sp³-hybridized carbons (Fsp3) is 0.650. The Labute approximate surface area is 141 Å². The third-order valence-corrected chi connectivity index (χ3v) is 4.63. The normalized spacial score (nSPS) is 17.7. The van der Waals surface area contributed by atoms with Crippen molar-refractivity contribution in [3.63, 3.8) is 0 Å². The summed E-state index contributed by atoms with van der Waals surface area (Å²) in [6, 6.07) is 9.09. The second kappa shape index (κ2) is 9.07. The summed E-state index contributed by atoms with van der Waals surface area (Å²) in [6.07, 6.45) is 5.80. The van der Waals surface area contributed by atoms with Crippen LogP contribution in [0.2, 0.25) is 0 Å². The van der Waals surface area contributed by atoms with Crippen LogP contribution in [-0.4, -0.2) is 30.4 Å². The molecule has 0 unspecified atom stereocenters. The van der Waals surface area contributed by atoms with Crippen LogP contribution in [-0.2, 0) is 4.79 Å². The van der Waals surface area contributed by atoms with Crippen molar-refractivity contribution in [2.75, 3.05) is 19.6 Å². The Kier molecular flexibility index (Phi) is 7.10. The molecular formula is C20H32N2O. The van der Waals surface area contributed by atoms with Gasteiger partial charge in [0.2, 0.25) is 5.91 Å². The maximum atomic E-state index is 12.1. The lowest BCUT2D eigenvalue weighted by Gasteiger charge is -2.31. The van der Waals surface area contributed by atoms with Crippen LogP contribution < -0.4 is 5.32 Å². The van der Waals surface area contributed by atoms with E-state index in [2.05, 4.69) is 55.3 Å². The number of carbonyl (C=O) groups excluding carboxylic acids is 1. The minimum absolute atomic E-state index is 0.173. The topological polar surface area (TPSA) is 32.3 Å². The highest BCUT2D eigenvalue weighted by molar-refractivity contribution is 5.76. The molecule has 1 aliphatic heterocycles. The van der Waals surface area contributed by atoms with E-state index in [1.165, 1.54) is 36.8 Å². The molecule has 0 spiro atoms. The van der Waals surface area contributed by atoms with Gasteiger partial charge < -0.3 is 5.32 Å². The van der Waals surface area contributed by atoms with E-state index in [1.807, 2.05) is 0 Å². The van der Waals surface area contributed by atoms with Gasteiger partial charge in [-0.05, 0) is 44.3 Å². The Morgan fingerprint density at radius 2 is 1.70 bits per heavy atom. The van der Waals surface area contributed by atoms with Crippen molar-refractivity contribution < 1.29 is 4.79 Å². The van der Waals surface area contributed by atoms with Crippen LogP contribution in [0.4, 0.5) is 0 Å². The van der Waals surface area contributed by atoms with E-state index in [9.17, 15) is 4.79 Å². The molecule has 1 aliphatic rings. The number of hydrogen-bond acceptors (Lipinski definition) is 2. The summed E-state index contributed by atoms with van der Waals surface area (Å²) in [5.41, 5.74) is 2.61. The number of nitrogens with one attached hydrogen (secondary N) is 1. The average molecular weight is 316 g/mol. The first-order chi connectivity index (χ1) is 11.1. The lowest BCUT2D eigenvalue weighted by molar-refractivity contribution is -0.122. The summed E-state index contributed by atoms with van der Waals surface area (Å²) in [7, 11) is 0. The quantitative estimate of drug-likeness (QED) is 0.858. The van der Waals surface area contributed by atoms with Gasteiger partial charge in [0, 0.05) is 13.0 Å². The van der Waals surface area contributed by atoms with Crippen molar-refractivity contribution >= 4 is 5.91 Å². The fourth-order valence-electron chi connectivity index (χ4n) is 3.31. The first-order valence-corrected chi connectivity index (χ1v) is 9.13. The highest BCUT2D eigenvalue weighted by Gasteiger charge is 2.22. The van der Waals surface area contributed by atoms with Gasteiger partial charge in [-0.3, -0.25) is 9.69 Å². The molecule has 1 amide bonds. The lowest BCUT2D eigenvalue weighted by Crippen LogP contribution is -2.39. The summed E-state index contributed by atoms with van der Waals surface area (Å²) in [5.74, 6) is 0.581. The van der Waals surface area contributed by atoms with Gasteiger partial charge in [0.25, 0.3) is 0 Å². The number of hydrogen-bond donors (Lipinski definition) is 1. The molecule has 1 aromatic carbocycles. The van der Waals surface area contributed by atoms with Crippen LogP contribution in [0.25, 0.3) is 0 Å². The summed E-state index contributed by atoms with van der Waals surface area (Å²) in [5, 5.41) is 3.16. The maximum absolute atomic E-state index is 12.1. The first kappa shape index (κ1) is 18.0. The molecule has 1 aromatic rings. The third-order valence-electron chi connectivity index (χ3n) is 4.63. The number of aryl methyl sites for hydroxylation is 1. The highest BCUT2D eigenvalue weighted by atomic mass is 16.1. The van der Waals surface area contributed by atoms with Crippen LogP contribution in [0.5, 0.6) is 0 Å². The predicted molar refractivity (Wildman–Crippen MR) is 96.4 cm³/mol. The highest BCUT2D eigenvalue weighted by Crippen LogP contribution is 2.24. The van der Waals surface area contributed by atoms with Crippen molar-refractivity contribution in [2.24, 2.45) is 5.92 Å². The molecule has 3 heteroatoms. The molecule has 3 nitrogen and oxygen atoms in total. The minimum atomic E-state index is 0.173. The van der Waals surface area contributed by atoms with Crippen molar-refractivity contribution in [3.8, 4) is 0 Å². The van der Waals surface area contributed by atoms with Gasteiger partial charge in [0.1, 0.15) is 0 Å². The van der Waals surface area contributed by atoms with E-state index in [-0.39, 0.29) is 5.91 Å². The second-order valence-corrected chi connectivity index (χ2v) is 7.28. The first-order valence-electron chi connectivity index (χ1n) is 9.13. The maximum Gasteiger partial charge on any atom is 0.220 e. The molecule has 0 saturated carbocycles. The van der Waals surface area contributed by atoms with Crippen LogP contribution in [0.1, 0.15) is 63.1 Å². The summed E-state index contributed by atoms with van der Waals surface area (Å²) in [6.45, 7) is 9.29. The van der Waals surface area contributed by atoms with Crippen LogP contribution >= 0.6 is 0 Å². The van der Waals surface area contributed by atoms with E-state index in [0.717, 1.165) is 13.1 Å². The summed E-state index contributed by atoms with van der Waals surface area (Å²) < 4.78 is 0. The Morgan fingerprint density at radius 3 is 2.26 bits per heavy atom. The molecule has 0 bridgehead atoms. The molecule has 1 fully saturated rings. The number of carbonyl (C=O) groups is 1. The lowest BCUT2D eigenvalue weighted by atomic mass is 10.0. The summed E-state index contributed by atoms with van der Waals surface area (Å²) >= 11 is 0. The summed E-state index contributed by atoms with van der Waals surface area (Å²) in [4.78, 5) is 14.6. The molecule has 0 aromatic heterocycles. The molecule has 1 saturated heterocycles. The Bertz CT molecular complexity index is 473. The molecule has 128 valence electrons. The second-order valence-electron chi connectivity index (χ2n) is 7.28. The third kappa shape index (κ3) is 5.98. The molecule has 23 heavy (non-hydrogen) atoms. The molecule has 2 rings (SSSR count). The Hall–Kier alpha value is -1.35. The van der Waals surface area contributed by atoms with Crippen molar-refractivity contribution in [2.45, 2.75) is 58.9 Å². The molecule has 1 N–H and O–H groups in total. The number of likely N-dealkylation sites (tertiary alicyclic amines) is 1. The van der Waals surface area contributed by atoms with Crippen molar-refractivity contribution in [1.29, 1.82) is 0 Å². The van der Waals surface area contributed by atoms with Crippen molar-refractivity contribution in [3.05, 3.63) is 35.4 Å². The number of nitrogens with zero attached hydrogens (tertiary/aromatic N) is 1. The largest absolute Gasteiger partial charge is 0.354 e. The Balaban J connectivity index is 2.07. The molecule has 1 heterocycles. The zero-order chi connectivity index (χ0) is 16.7. The minimum Gasteiger partial charge on any atom is -0.354 e. The fourth-order valence-corrected chi connectivity index (χ4v) is 3.31. The van der Waals surface area contributed by atoms with Gasteiger partial charge in [-0.15, -0.1) is 0 Å². The van der Waals surface area contributed by atoms with E-state index in [1.54, 1.807) is 0 Å². The van der Waals surface area contributed by atoms with Gasteiger partial charge in [0.05, 0.1) is 6.04 Å². The van der Waals surface area contributed by atoms with E-state index >= 15 is 0 Å². The monoisotopic (exact) mass is 316 g/mol. The SMILES string of the molecule is Cc1ccc([C@@H](CNC(=O)CC(C)C)N2CCCCCC2)cc1. The zero-order valence-electron chi connectivity index (χ0n) is 15.0. The van der Waals surface area contributed by atoms with Crippen LogP contribution in [0.3, 0.4) is 0 Å². The number of rotatable bonds is 6. The molecule has 1 atom stereocenters. The average Bonchev–Trinajstić information content (AvgIpc) is 2.78. The predicted octanol–water partition coefficient (Wildman–Crippen LogP) is 4.07. The number of amides is 1. The van der Waals surface area contributed by atoms with E-state index in [4.69, 9.17) is 0 Å².